The number of pyridine rings is 2. The number of aromatic nitrogens is 4. The van der Waals surface area contributed by atoms with Crippen molar-refractivity contribution in [3.05, 3.63) is 78.8 Å². The number of rotatable bonds is 11. The molecular formula is C23H29BrN6O2. The number of hydrogen-bond donors (Lipinski definition) is 3. The van der Waals surface area contributed by atoms with E-state index in [1.807, 2.05) is 12.1 Å². The van der Waals surface area contributed by atoms with Gasteiger partial charge in [-0.05, 0) is 59.3 Å². The van der Waals surface area contributed by atoms with Crippen molar-refractivity contribution in [2.24, 2.45) is 0 Å². The molecule has 0 fully saturated rings. The number of hydrogen-bond acceptors (Lipinski definition) is 6. The van der Waals surface area contributed by atoms with Gasteiger partial charge in [0.15, 0.2) is 0 Å². The topological polar surface area (TPSA) is 119 Å². The molecular weight excluding hydrogens is 472 g/mol. The highest BCUT2D eigenvalue weighted by Gasteiger charge is 2.06. The van der Waals surface area contributed by atoms with Crippen LogP contribution in [-0.2, 0) is 19.4 Å². The van der Waals surface area contributed by atoms with Crippen LogP contribution in [0.5, 0.6) is 0 Å². The quantitative estimate of drug-likeness (QED) is 0.346. The molecule has 0 aromatic carbocycles. The summed E-state index contributed by atoms with van der Waals surface area (Å²) in [5.74, 6) is 0.440. The first kappa shape index (κ1) is 23.7. The number of halogens is 1. The zero-order valence-electron chi connectivity index (χ0n) is 18.2. The van der Waals surface area contributed by atoms with E-state index >= 15 is 0 Å². The second-order valence-corrected chi connectivity index (χ2v) is 8.67. The van der Waals surface area contributed by atoms with Gasteiger partial charge in [0.1, 0.15) is 0 Å². The third-order valence-corrected chi connectivity index (χ3v) is 5.62. The van der Waals surface area contributed by atoms with Gasteiger partial charge in [-0.2, -0.15) is 0 Å². The number of aryl methyl sites for hydroxylation is 2. The van der Waals surface area contributed by atoms with Crippen molar-refractivity contribution in [1.82, 2.24) is 19.5 Å². The molecule has 3 rings (SSSR count). The van der Waals surface area contributed by atoms with E-state index in [1.165, 1.54) is 0 Å². The maximum atomic E-state index is 12.4. The molecule has 0 saturated heterocycles. The number of H-pyrrole nitrogens is 1. The van der Waals surface area contributed by atoms with Gasteiger partial charge in [-0.3, -0.25) is 19.6 Å². The second-order valence-electron chi connectivity index (χ2n) is 7.76. The Hall–Kier alpha value is -2.94. The van der Waals surface area contributed by atoms with Crippen LogP contribution < -0.4 is 22.2 Å². The highest BCUT2D eigenvalue weighted by Crippen LogP contribution is 2.17. The molecule has 0 bridgehead atoms. The third-order valence-electron chi connectivity index (χ3n) is 5.18. The zero-order valence-corrected chi connectivity index (χ0v) is 19.8. The first-order valence-corrected chi connectivity index (χ1v) is 11.7. The summed E-state index contributed by atoms with van der Waals surface area (Å²) in [6.45, 7) is 3.48. The monoisotopic (exact) mass is 500 g/mol. The van der Waals surface area contributed by atoms with Crippen molar-refractivity contribution in [2.45, 2.75) is 52.0 Å². The van der Waals surface area contributed by atoms with E-state index in [2.05, 4.69) is 43.1 Å². The van der Waals surface area contributed by atoms with Crippen LogP contribution in [0.2, 0.25) is 0 Å². The van der Waals surface area contributed by atoms with E-state index in [0.717, 1.165) is 47.8 Å². The molecule has 0 aliphatic heterocycles. The summed E-state index contributed by atoms with van der Waals surface area (Å²) < 4.78 is 2.57. The van der Waals surface area contributed by atoms with Crippen LogP contribution in [0.3, 0.4) is 0 Å². The summed E-state index contributed by atoms with van der Waals surface area (Å²) in [6, 6.07) is 5.33. The summed E-state index contributed by atoms with van der Waals surface area (Å²) in [6.07, 6.45) is 10.1. The van der Waals surface area contributed by atoms with Gasteiger partial charge in [0.05, 0.1) is 11.4 Å². The summed E-state index contributed by atoms with van der Waals surface area (Å²) >= 11 is 3.36. The van der Waals surface area contributed by atoms with Crippen LogP contribution in [0.4, 0.5) is 11.6 Å². The molecule has 3 heterocycles. The standard InChI is InChI=1S/C23H29BrN6O2/c1-2-3-9-30-10-7-16(12-21(30)31)11-17-14-28-23(29-22(17)32)26-8-5-4-6-20-19(25)13-18(24)15-27-20/h7,10,12-15H,2-6,8-9,11,25H2,1H3,(H2,26,28,29,32). The van der Waals surface area contributed by atoms with Crippen LogP contribution in [0.25, 0.3) is 0 Å². The summed E-state index contributed by atoms with van der Waals surface area (Å²) in [5.41, 5.74) is 8.63. The maximum Gasteiger partial charge on any atom is 0.255 e. The minimum atomic E-state index is -0.204. The lowest BCUT2D eigenvalue weighted by atomic mass is 10.1. The lowest BCUT2D eigenvalue weighted by Gasteiger charge is -2.08. The van der Waals surface area contributed by atoms with Gasteiger partial charge in [-0.15, -0.1) is 0 Å². The molecule has 0 aliphatic carbocycles. The molecule has 32 heavy (non-hydrogen) atoms. The Balaban J connectivity index is 1.49. The van der Waals surface area contributed by atoms with E-state index < -0.39 is 0 Å². The van der Waals surface area contributed by atoms with Crippen LogP contribution in [0.15, 0.2) is 50.9 Å². The fourth-order valence-corrected chi connectivity index (χ4v) is 3.69. The first-order chi connectivity index (χ1) is 15.5. The maximum absolute atomic E-state index is 12.4. The van der Waals surface area contributed by atoms with Gasteiger partial charge in [0.2, 0.25) is 5.95 Å². The number of nitrogens with zero attached hydrogens (tertiary/aromatic N) is 3. The first-order valence-electron chi connectivity index (χ1n) is 10.9. The van der Waals surface area contributed by atoms with Gasteiger partial charge >= 0.3 is 0 Å². The van der Waals surface area contributed by atoms with E-state index in [-0.39, 0.29) is 11.1 Å². The van der Waals surface area contributed by atoms with Crippen LogP contribution in [0.1, 0.15) is 49.4 Å². The van der Waals surface area contributed by atoms with Crippen molar-refractivity contribution >= 4 is 27.6 Å². The predicted octanol–water partition coefficient (Wildman–Crippen LogP) is 3.50. The predicted molar refractivity (Wildman–Crippen MR) is 131 cm³/mol. The summed E-state index contributed by atoms with van der Waals surface area (Å²) in [4.78, 5) is 36.1. The summed E-state index contributed by atoms with van der Waals surface area (Å²) in [5, 5.41) is 3.14. The normalized spacial score (nSPS) is 10.9. The molecule has 3 aromatic heterocycles. The average Bonchev–Trinajstić information content (AvgIpc) is 2.76. The van der Waals surface area contributed by atoms with Gasteiger partial charge in [-0.1, -0.05) is 13.3 Å². The highest BCUT2D eigenvalue weighted by atomic mass is 79.9. The number of anilines is 2. The summed E-state index contributed by atoms with van der Waals surface area (Å²) in [7, 11) is 0. The molecule has 0 atom stereocenters. The fourth-order valence-electron chi connectivity index (χ4n) is 3.35. The van der Waals surface area contributed by atoms with Gasteiger partial charge < -0.3 is 15.6 Å². The SMILES string of the molecule is CCCCn1ccc(Cc2cnc(NCCCCc3ncc(Br)cc3N)[nH]c2=O)cc1=O. The average molecular weight is 501 g/mol. The minimum absolute atomic E-state index is 0.0429. The Bertz CT molecular complexity index is 1160. The van der Waals surface area contributed by atoms with Crippen molar-refractivity contribution in [3.63, 3.8) is 0 Å². The van der Waals surface area contributed by atoms with Crippen LogP contribution in [-0.4, -0.2) is 26.1 Å². The van der Waals surface area contributed by atoms with Gasteiger partial charge in [0, 0.05) is 54.2 Å². The zero-order chi connectivity index (χ0) is 22.9. The van der Waals surface area contributed by atoms with Crippen LogP contribution >= 0.6 is 15.9 Å². The van der Waals surface area contributed by atoms with E-state index in [0.29, 0.717) is 36.7 Å². The molecule has 170 valence electrons. The Morgan fingerprint density at radius 2 is 2.00 bits per heavy atom. The number of aromatic amines is 1. The van der Waals surface area contributed by atoms with Crippen molar-refractivity contribution in [3.8, 4) is 0 Å². The minimum Gasteiger partial charge on any atom is -0.397 e. The smallest absolute Gasteiger partial charge is 0.255 e. The molecule has 0 amide bonds. The number of nitrogens with two attached hydrogens (primary N) is 1. The molecule has 4 N–H and O–H groups in total. The molecule has 3 aromatic rings. The number of unbranched alkanes of at least 4 members (excludes halogenated alkanes) is 2. The molecule has 0 radical (unpaired) electrons. The van der Waals surface area contributed by atoms with Crippen molar-refractivity contribution in [2.75, 3.05) is 17.6 Å². The van der Waals surface area contributed by atoms with E-state index in [9.17, 15) is 9.59 Å². The molecule has 0 unspecified atom stereocenters. The molecule has 9 heteroatoms. The molecule has 0 spiro atoms. The molecule has 0 aliphatic rings. The van der Waals surface area contributed by atoms with Crippen LogP contribution in [0, 0.1) is 0 Å². The number of nitrogen functional groups attached to an aromatic ring is 1. The highest BCUT2D eigenvalue weighted by molar-refractivity contribution is 9.10. The van der Waals surface area contributed by atoms with Crippen molar-refractivity contribution < 1.29 is 0 Å². The third kappa shape index (κ3) is 6.78. The van der Waals surface area contributed by atoms with Crippen molar-refractivity contribution in [1.29, 1.82) is 0 Å². The Morgan fingerprint density at radius 3 is 2.72 bits per heavy atom. The lowest BCUT2D eigenvalue weighted by Crippen LogP contribution is -2.21. The Labute approximate surface area is 195 Å². The Kier molecular flexibility index (Phi) is 8.61. The second kappa shape index (κ2) is 11.6. The Morgan fingerprint density at radius 1 is 1.16 bits per heavy atom. The fraction of sp³-hybridized carbons (Fsp3) is 0.391. The van der Waals surface area contributed by atoms with Gasteiger partial charge in [-0.25, -0.2) is 4.98 Å². The van der Waals surface area contributed by atoms with E-state index in [1.54, 1.807) is 29.2 Å². The molecule has 8 nitrogen and oxygen atoms in total. The largest absolute Gasteiger partial charge is 0.397 e. The van der Waals surface area contributed by atoms with E-state index in [4.69, 9.17) is 5.73 Å². The number of nitrogens with one attached hydrogen (secondary N) is 2. The van der Waals surface area contributed by atoms with Gasteiger partial charge in [0.25, 0.3) is 11.1 Å². The lowest BCUT2D eigenvalue weighted by molar-refractivity contribution is 0.612. The molecule has 0 saturated carbocycles.